The molecule has 116 valence electrons. The quantitative estimate of drug-likeness (QED) is 0.556. The van der Waals surface area contributed by atoms with E-state index in [1.165, 1.54) is 12.5 Å². The molecule has 0 bridgehead atoms. The first kappa shape index (κ1) is 15.3. The number of carbonyl (C=O) groups excluding carboxylic acids is 1. The minimum absolute atomic E-state index is 0.257. The highest BCUT2D eigenvalue weighted by atomic mass is 35.5. The van der Waals surface area contributed by atoms with E-state index in [1.807, 2.05) is 0 Å². The standard InChI is InChI=1S/C15H10Cl2N4O2/c16-10-4-9(5-11(17)6-10)13-7-14(20-19-13)15(22)21-18-8-12-2-1-3-23-12/h1-8H,(H,19,20)(H,21,22)/b18-8+. The first-order valence-corrected chi connectivity index (χ1v) is 7.26. The Balaban J connectivity index is 1.72. The second-order valence-corrected chi connectivity index (χ2v) is 5.41. The Bertz CT molecular complexity index is 836. The maximum atomic E-state index is 12.0. The topological polar surface area (TPSA) is 83.3 Å². The summed E-state index contributed by atoms with van der Waals surface area (Å²) in [7, 11) is 0. The number of hydrogen-bond acceptors (Lipinski definition) is 4. The smallest absolute Gasteiger partial charge is 0.289 e. The predicted octanol–water partition coefficient (Wildman–Crippen LogP) is 3.74. The average Bonchev–Trinajstić information content (AvgIpc) is 3.18. The molecule has 0 radical (unpaired) electrons. The fraction of sp³-hybridized carbons (Fsp3) is 0. The van der Waals surface area contributed by atoms with Crippen molar-refractivity contribution in [3.63, 3.8) is 0 Å². The highest BCUT2D eigenvalue weighted by Crippen LogP contribution is 2.26. The van der Waals surface area contributed by atoms with Crippen LogP contribution in [-0.4, -0.2) is 22.3 Å². The van der Waals surface area contributed by atoms with E-state index in [1.54, 1.807) is 36.4 Å². The van der Waals surface area contributed by atoms with Crippen LogP contribution in [0.4, 0.5) is 0 Å². The molecule has 0 aliphatic rings. The lowest BCUT2D eigenvalue weighted by molar-refractivity contribution is 0.0950. The fourth-order valence-corrected chi connectivity index (χ4v) is 2.39. The number of hydrazone groups is 1. The summed E-state index contributed by atoms with van der Waals surface area (Å²) in [5.74, 6) is 0.101. The Morgan fingerprint density at radius 3 is 2.74 bits per heavy atom. The first-order valence-electron chi connectivity index (χ1n) is 6.50. The van der Waals surface area contributed by atoms with Crippen LogP contribution in [-0.2, 0) is 0 Å². The molecule has 23 heavy (non-hydrogen) atoms. The molecule has 8 heteroatoms. The Labute approximate surface area is 141 Å². The maximum Gasteiger partial charge on any atom is 0.289 e. The third-order valence-electron chi connectivity index (χ3n) is 2.88. The number of carbonyl (C=O) groups is 1. The summed E-state index contributed by atoms with van der Waals surface area (Å²) in [6, 6.07) is 10.1. The normalized spacial score (nSPS) is 11.0. The number of nitrogens with one attached hydrogen (secondary N) is 2. The van der Waals surface area contributed by atoms with Crippen LogP contribution in [0.25, 0.3) is 11.3 Å². The van der Waals surface area contributed by atoms with Crippen LogP contribution in [0.2, 0.25) is 10.0 Å². The highest BCUT2D eigenvalue weighted by molar-refractivity contribution is 6.35. The lowest BCUT2D eigenvalue weighted by Gasteiger charge is -1.98. The van der Waals surface area contributed by atoms with E-state index in [9.17, 15) is 4.79 Å². The van der Waals surface area contributed by atoms with Crippen LogP contribution < -0.4 is 5.43 Å². The van der Waals surface area contributed by atoms with Gasteiger partial charge in [0.1, 0.15) is 11.5 Å². The molecule has 1 aromatic carbocycles. The summed E-state index contributed by atoms with van der Waals surface area (Å²) in [4.78, 5) is 12.0. The number of rotatable bonds is 4. The molecule has 0 fully saturated rings. The third-order valence-corrected chi connectivity index (χ3v) is 3.32. The summed E-state index contributed by atoms with van der Waals surface area (Å²) >= 11 is 11.9. The van der Waals surface area contributed by atoms with Gasteiger partial charge in [-0.3, -0.25) is 9.89 Å². The number of aromatic nitrogens is 2. The molecule has 0 aliphatic carbocycles. The van der Waals surface area contributed by atoms with Crippen LogP contribution in [0.1, 0.15) is 16.2 Å². The van der Waals surface area contributed by atoms with Crippen LogP contribution in [0.5, 0.6) is 0 Å². The van der Waals surface area contributed by atoms with Gasteiger partial charge in [-0.15, -0.1) is 0 Å². The molecule has 1 amide bonds. The lowest BCUT2D eigenvalue weighted by atomic mass is 10.1. The molecule has 3 rings (SSSR count). The van der Waals surface area contributed by atoms with Gasteiger partial charge in [-0.25, -0.2) is 5.43 Å². The molecule has 6 nitrogen and oxygen atoms in total. The van der Waals surface area contributed by atoms with Crippen LogP contribution in [0, 0.1) is 0 Å². The molecule has 0 unspecified atom stereocenters. The number of aromatic amines is 1. The minimum Gasteiger partial charge on any atom is -0.463 e. The average molecular weight is 349 g/mol. The second-order valence-electron chi connectivity index (χ2n) is 4.54. The van der Waals surface area contributed by atoms with Crippen molar-refractivity contribution in [3.8, 4) is 11.3 Å². The van der Waals surface area contributed by atoms with Crippen molar-refractivity contribution in [2.45, 2.75) is 0 Å². The number of halogens is 2. The largest absolute Gasteiger partial charge is 0.463 e. The Kier molecular flexibility index (Phi) is 4.45. The molecular weight excluding hydrogens is 339 g/mol. The molecule has 2 N–H and O–H groups in total. The molecule has 2 aromatic heterocycles. The van der Waals surface area contributed by atoms with Crippen molar-refractivity contribution in [2.24, 2.45) is 5.10 Å². The van der Waals surface area contributed by atoms with Crippen molar-refractivity contribution in [2.75, 3.05) is 0 Å². The van der Waals surface area contributed by atoms with E-state index in [0.717, 1.165) is 0 Å². The number of furan rings is 1. The second kappa shape index (κ2) is 6.68. The fourth-order valence-electron chi connectivity index (χ4n) is 1.87. The van der Waals surface area contributed by atoms with E-state index < -0.39 is 5.91 Å². The van der Waals surface area contributed by atoms with Gasteiger partial charge in [0.15, 0.2) is 0 Å². The molecule has 0 saturated carbocycles. The van der Waals surface area contributed by atoms with Gasteiger partial charge in [-0.2, -0.15) is 10.2 Å². The van der Waals surface area contributed by atoms with E-state index in [2.05, 4.69) is 20.7 Å². The monoisotopic (exact) mass is 348 g/mol. The number of nitrogens with zero attached hydrogens (tertiary/aromatic N) is 2. The van der Waals surface area contributed by atoms with Crippen LogP contribution >= 0.6 is 23.2 Å². The zero-order valence-electron chi connectivity index (χ0n) is 11.6. The lowest BCUT2D eigenvalue weighted by Crippen LogP contribution is -2.17. The van der Waals surface area contributed by atoms with Crippen molar-refractivity contribution in [3.05, 3.63) is 64.2 Å². The molecule has 2 heterocycles. The molecule has 0 aliphatic heterocycles. The van der Waals surface area contributed by atoms with Crippen molar-refractivity contribution < 1.29 is 9.21 Å². The van der Waals surface area contributed by atoms with Gasteiger partial charge in [0, 0.05) is 15.6 Å². The summed E-state index contributed by atoms with van der Waals surface area (Å²) < 4.78 is 5.06. The third kappa shape index (κ3) is 3.80. The van der Waals surface area contributed by atoms with Gasteiger partial charge in [0.25, 0.3) is 5.91 Å². The zero-order chi connectivity index (χ0) is 16.2. The van der Waals surface area contributed by atoms with E-state index in [4.69, 9.17) is 27.6 Å². The van der Waals surface area contributed by atoms with E-state index in [-0.39, 0.29) is 5.69 Å². The van der Waals surface area contributed by atoms with Gasteiger partial charge >= 0.3 is 0 Å². The van der Waals surface area contributed by atoms with Crippen molar-refractivity contribution in [1.29, 1.82) is 0 Å². The van der Waals surface area contributed by atoms with Gasteiger partial charge < -0.3 is 4.42 Å². The van der Waals surface area contributed by atoms with Gasteiger partial charge in [-0.05, 0) is 36.4 Å². The molecule has 0 atom stereocenters. The van der Waals surface area contributed by atoms with Crippen molar-refractivity contribution >= 4 is 35.3 Å². The summed E-state index contributed by atoms with van der Waals surface area (Å²) in [6.07, 6.45) is 2.91. The number of hydrogen-bond donors (Lipinski definition) is 2. The van der Waals surface area contributed by atoms with Crippen LogP contribution in [0.3, 0.4) is 0 Å². The van der Waals surface area contributed by atoms with E-state index >= 15 is 0 Å². The zero-order valence-corrected chi connectivity index (χ0v) is 13.1. The summed E-state index contributed by atoms with van der Waals surface area (Å²) in [5, 5.41) is 11.5. The Hall–Kier alpha value is -2.57. The summed E-state index contributed by atoms with van der Waals surface area (Å²) in [5.41, 5.74) is 3.89. The number of amides is 1. The summed E-state index contributed by atoms with van der Waals surface area (Å²) in [6.45, 7) is 0. The van der Waals surface area contributed by atoms with Crippen LogP contribution in [0.15, 0.2) is 52.2 Å². The molecule has 0 saturated heterocycles. The first-order chi connectivity index (χ1) is 11.1. The Morgan fingerprint density at radius 2 is 2.04 bits per heavy atom. The number of benzene rings is 1. The van der Waals surface area contributed by atoms with Gasteiger partial charge in [-0.1, -0.05) is 23.2 Å². The van der Waals surface area contributed by atoms with Crippen molar-refractivity contribution in [1.82, 2.24) is 15.6 Å². The Morgan fingerprint density at radius 1 is 1.26 bits per heavy atom. The van der Waals surface area contributed by atoms with Gasteiger partial charge in [0.2, 0.25) is 0 Å². The minimum atomic E-state index is -0.431. The highest BCUT2D eigenvalue weighted by Gasteiger charge is 2.11. The maximum absolute atomic E-state index is 12.0. The molecule has 3 aromatic rings. The predicted molar refractivity (Wildman–Crippen MR) is 87.8 cm³/mol. The SMILES string of the molecule is O=C(N/N=C/c1ccco1)c1cc(-c2cc(Cl)cc(Cl)c2)n[nH]1. The molecular formula is C15H10Cl2N4O2. The van der Waals surface area contributed by atoms with E-state index in [0.29, 0.717) is 27.1 Å². The molecule has 0 spiro atoms. The van der Waals surface area contributed by atoms with Gasteiger partial charge in [0.05, 0.1) is 18.2 Å². The number of H-pyrrole nitrogens is 1.